The van der Waals surface area contributed by atoms with Gasteiger partial charge in [0, 0.05) is 17.1 Å². The molecule has 0 unspecified atom stereocenters. The molecule has 0 bridgehead atoms. The number of nitrogens with one attached hydrogen (secondary N) is 1. The van der Waals surface area contributed by atoms with Crippen LogP contribution in [-0.2, 0) is 34.0 Å². The third-order valence-corrected chi connectivity index (χ3v) is 6.59. The number of hydrogen-bond donors (Lipinski definition) is 2. The van der Waals surface area contributed by atoms with Crippen LogP contribution in [0.2, 0.25) is 5.02 Å². The van der Waals surface area contributed by atoms with Crippen molar-refractivity contribution < 1.29 is 36.2 Å². The standard InChI is InChI=1S/C23H19ClF3NO5S/c1-33-21-9-2-14(11-22(29)30)10-20(21)19-8-3-16(23(25,26)27)12-15(19)13-28-34(31,32)18-6-4-17(24)5-7-18/h2-10,12,28H,11,13H2,1H3,(H,29,30). The summed E-state index contributed by atoms with van der Waals surface area (Å²) < 4.78 is 73.2. The molecule has 0 heterocycles. The molecule has 0 saturated carbocycles. The van der Waals surface area contributed by atoms with E-state index in [4.69, 9.17) is 21.4 Å². The first-order chi connectivity index (χ1) is 15.9. The highest BCUT2D eigenvalue weighted by atomic mass is 35.5. The number of ether oxygens (including phenoxy) is 1. The van der Waals surface area contributed by atoms with E-state index in [1.807, 2.05) is 0 Å². The molecule has 11 heteroatoms. The second-order valence-corrected chi connectivity index (χ2v) is 9.46. The van der Waals surface area contributed by atoms with Crippen LogP contribution in [0.1, 0.15) is 16.7 Å². The number of carboxylic acids is 1. The SMILES string of the molecule is COc1ccc(CC(=O)O)cc1-c1ccc(C(F)(F)F)cc1CNS(=O)(=O)c1ccc(Cl)cc1. The number of rotatable bonds is 8. The average molecular weight is 514 g/mol. The van der Waals surface area contributed by atoms with E-state index in [2.05, 4.69) is 4.72 Å². The van der Waals surface area contributed by atoms with Crippen molar-refractivity contribution in [2.24, 2.45) is 0 Å². The molecule has 2 N–H and O–H groups in total. The van der Waals surface area contributed by atoms with Gasteiger partial charge >= 0.3 is 12.1 Å². The summed E-state index contributed by atoms with van der Waals surface area (Å²) in [6.45, 7) is -0.462. The van der Waals surface area contributed by atoms with Gasteiger partial charge in [0.1, 0.15) is 5.75 Å². The molecule has 0 aliphatic heterocycles. The van der Waals surface area contributed by atoms with Crippen molar-refractivity contribution in [3.05, 3.63) is 82.4 Å². The van der Waals surface area contributed by atoms with Crippen LogP contribution in [0.15, 0.2) is 65.6 Å². The summed E-state index contributed by atoms with van der Waals surface area (Å²) in [6, 6.07) is 12.8. The second-order valence-electron chi connectivity index (χ2n) is 7.25. The van der Waals surface area contributed by atoms with Gasteiger partial charge in [-0.2, -0.15) is 13.2 Å². The van der Waals surface area contributed by atoms with E-state index in [1.54, 1.807) is 0 Å². The minimum Gasteiger partial charge on any atom is -0.496 e. The highest BCUT2D eigenvalue weighted by molar-refractivity contribution is 7.89. The largest absolute Gasteiger partial charge is 0.496 e. The summed E-state index contributed by atoms with van der Waals surface area (Å²) in [4.78, 5) is 11.0. The topological polar surface area (TPSA) is 92.7 Å². The van der Waals surface area contributed by atoms with Crippen LogP contribution in [0.3, 0.4) is 0 Å². The lowest BCUT2D eigenvalue weighted by molar-refractivity contribution is -0.138. The van der Waals surface area contributed by atoms with Gasteiger partial charge in [0.15, 0.2) is 0 Å². The zero-order valence-electron chi connectivity index (χ0n) is 17.7. The maximum atomic E-state index is 13.4. The Bertz CT molecular complexity index is 1310. The minimum absolute atomic E-state index is 0.0261. The fourth-order valence-corrected chi connectivity index (χ4v) is 4.43. The third-order valence-electron chi connectivity index (χ3n) is 4.92. The molecule has 0 aliphatic carbocycles. The van der Waals surface area contributed by atoms with Crippen molar-refractivity contribution >= 4 is 27.6 Å². The highest BCUT2D eigenvalue weighted by Crippen LogP contribution is 2.37. The van der Waals surface area contributed by atoms with Crippen molar-refractivity contribution in [2.75, 3.05) is 7.11 Å². The normalized spacial score (nSPS) is 11.9. The minimum atomic E-state index is -4.66. The Morgan fingerprint density at radius 2 is 1.71 bits per heavy atom. The summed E-state index contributed by atoms with van der Waals surface area (Å²) in [5.74, 6) is -0.796. The van der Waals surface area contributed by atoms with Gasteiger partial charge in [0.05, 0.1) is 24.0 Å². The van der Waals surface area contributed by atoms with Gasteiger partial charge < -0.3 is 9.84 Å². The summed E-state index contributed by atoms with van der Waals surface area (Å²) in [5.41, 5.74) is 0.0539. The highest BCUT2D eigenvalue weighted by Gasteiger charge is 2.31. The lowest BCUT2D eigenvalue weighted by Gasteiger charge is -2.17. The monoisotopic (exact) mass is 513 g/mol. The molecule has 0 aliphatic rings. The maximum absolute atomic E-state index is 13.4. The van der Waals surface area contributed by atoms with E-state index in [0.717, 1.165) is 12.1 Å². The number of carboxylic acid groups (broad SMARTS) is 1. The van der Waals surface area contributed by atoms with Gasteiger partial charge in [0.2, 0.25) is 10.0 Å². The number of alkyl halides is 3. The van der Waals surface area contributed by atoms with Crippen molar-refractivity contribution in [2.45, 2.75) is 24.0 Å². The first-order valence-corrected chi connectivity index (χ1v) is 11.6. The lowest BCUT2D eigenvalue weighted by atomic mass is 9.94. The van der Waals surface area contributed by atoms with Crippen LogP contribution in [0.4, 0.5) is 13.2 Å². The van der Waals surface area contributed by atoms with Crippen LogP contribution < -0.4 is 9.46 Å². The molecule has 3 rings (SSSR count). The molecule has 34 heavy (non-hydrogen) atoms. The van der Waals surface area contributed by atoms with Crippen molar-refractivity contribution in [3.63, 3.8) is 0 Å². The number of halogens is 4. The molecule has 0 atom stereocenters. The molecule has 3 aromatic carbocycles. The van der Waals surface area contributed by atoms with E-state index < -0.39 is 34.3 Å². The van der Waals surface area contributed by atoms with Crippen LogP contribution in [0.25, 0.3) is 11.1 Å². The van der Waals surface area contributed by atoms with Crippen molar-refractivity contribution in [1.29, 1.82) is 0 Å². The second kappa shape index (κ2) is 10.0. The summed E-state index contributed by atoms with van der Waals surface area (Å²) in [6.07, 6.45) is -4.96. The van der Waals surface area contributed by atoms with E-state index in [0.29, 0.717) is 16.1 Å². The summed E-state index contributed by atoms with van der Waals surface area (Å²) in [7, 11) is -2.70. The van der Waals surface area contributed by atoms with Crippen LogP contribution >= 0.6 is 11.6 Å². The number of sulfonamides is 1. The Hall–Kier alpha value is -3.08. The number of carbonyl (C=O) groups is 1. The Morgan fingerprint density at radius 1 is 1.03 bits per heavy atom. The first kappa shape index (κ1) is 25.5. The smallest absolute Gasteiger partial charge is 0.416 e. The Labute approximate surface area is 199 Å². The average Bonchev–Trinajstić information content (AvgIpc) is 2.77. The lowest BCUT2D eigenvalue weighted by Crippen LogP contribution is -2.24. The van der Waals surface area contributed by atoms with Crippen molar-refractivity contribution in [3.8, 4) is 16.9 Å². The Kier molecular flexibility index (Phi) is 7.54. The molecular formula is C23H19ClF3NO5S. The van der Waals surface area contributed by atoms with Crippen LogP contribution in [-0.4, -0.2) is 26.6 Å². The summed E-state index contributed by atoms with van der Waals surface area (Å²) in [5, 5.41) is 9.42. The molecular weight excluding hydrogens is 495 g/mol. The maximum Gasteiger partial charge on any atom is 0.416 e. The van der Waals surface area contributed by atoms with E-state index in [1.165, 1.54) is 55.6 Å². The molecule has 0 spiro atoms. The fraction of sp³-hybridized carbons (Fsp3) is 0.174. The molecule has 0 saturated heterocycles. The number of benzene rings is 3. The van der Waals surface area contributed by atoms with E-state index >= 15 is 0 Å². The van der Waals surface area contributed by atoms with Gasteiger partial charge in [-0.15, -0.1) is 0 Å². The van der Waals surface area contributed by atoms with Gasteiger partial charge in [-0.25, -0.2) is 13.1 Å². The number of methoxy groups -OCH3 is 1. The third kappa shape index (κ3) is 6.07. The van der Waals surface area contributed by atoms with Crippen molar-refractivity contribution in [1.82, 2.24) is 4.72 Å². The molecule has 0 radical (unpaired) electrons. The van der Waals surface area contributed by atoms with Gasteiger partial charge in [0.25, 0.3) is 0 Å². The first-order valence-electron chi connectivity index (χ1n) is 9.75. The van der Waals surface area contributed by atoms with Crippen LogP contribution in [0, 0.1) is 0 Å². The van der Waals surface area contributed by atoms with E-state index in [-0.39, 0.29) is 28.2 Å². The molecule has 0 fully saturated rings. The Morgan fingerprint density at radius 3 is 2.29 bits per heavy atom. The quantitative estimate of drug-likeness (QED) is 0.435. The Balaban J connectivity index is 2.07. The summed E-state index contributed by atoms with van der Waals surface area (Å²) >= 11 is 5.79. The molecule has 0 aromatic heterocycles. The molecule has 180 valence electrons. The molecule has 3 aromatic rings. The zero-order chi connectivity index (χ0) is 25.1. The zero-order valence-corrected chi connectivity index (χ0v) is 19.3. The number of hydrogen-bond acceptors (Lipinski definition) is 4. The predicted molar refractivity (Wildman–Crippen MR) is 120 cm³/mol. The molecule has 6 nitrogen and oxygen atoms in total. The predicted octanol–water partition coefficient (Wildman–Crippen LogP) is 5.14. The number of aliphatic carboxylic acids is 1. The molecule has 0 amide bonds. The van der Waals surface area contributed by atoms with Gasteiger partial charge in [-0.3, -0.25) is 4.79 Å². The fourth-order valence-electron chi connectivity index (χ4n) is 3.30. The van der Waals surface area contributed by atoms with Gasteiger partial charge in [-0.05, 0) is 65.2 Å². The van der Waals surface area contributed by atoms with Gasteiger partial charge in [-0.1, -0.05) is 23.7 Å². The van der Waals surface area contributed by atoms with Crippen LogP contribution in [0.5, 0.6) is 5.75 Å². The van der Waals surface area contributed by atoms with E-state index in [9.17, 15) is 26.4 Å².